The van der Waals surface area contributed by atoms with E-state index in [1.165, 1.54) is 121 Å². The van der Waals surface area contributed by atoms with Crippen LogP contribution in [0.4, 0.5) is 0 Å². The van der Waals surface area contributed by atoms with Crippen molar-refractivity contribution in [2.24, 2.45) is 0 Å². The summed E-state index contributed by atoms with van der Waals surface area (Å²) in [6.07, 6.45) is 18.8. The fraction of sp³-hybridized carbons (Fsp3) is 0.419. The number of halogens is 2. The fourth-order valence-corrected chi connectivity index (χ4v) is 10.0. The number of thiophene rings is 1. The molecule has 6 rings (SSSR count). The van der Waals surface area contributed by atoms with Gasteiger partial charge in [0.1, 0.15) is 5.82 Å². The zero-order chi connectivity index (χ0) is 33.5. The van der Waals surface area contributed by atoms with Gasteiger partial charge < -0.3 is 0 Å². The van der Waals surface area contributed by atoms with Crippen LogP contribution in [0.15, 0.2) is 74.3 Å². The highest BCUT2D eigenvalue weighted by atomic mass is 79.9. The Bertz CT molecular complexity index is 1970. The van der Waals surface area contributed by atoms with Crippen molar-refractivity contribution in [1.82, 2.24) is 9.55 Å². The van der Waals surface area contributed by atoms with Crippen LogP contribution in [0.5, 0.6) is 0 Å². The summed E-state index contributed by atoms with van der Waals surface area (Å²) in [4.78, 5) is 5.53. The van der Waals surface area contributed by atoms with E-state index in [9.17, 15) is 0 Å². The van der Waals surface area contributed by atoms with Crippen molar-refractivity contribution >= 4 is 75.8 Å². The molecular formula is C43H50Br2N2S. The van der Waals surface area contributed by atoms with Gasteiger partial charge in [-0.25, -0.2) is 4.98 Å². The first kappa shape index (κ1) is 35.4. The molecule has 2 nitrogen and oxygen atoms in total. The Hall–Kier alpha value is -2.47. The van der Waals surface area contributed by atoms with Crippen LogP contribution >= 0.6 is 43.2 Å². The predicted molar refractivity (Wildman–Crippen MR) is 218 cm³/mol. The topological polar surface area (TPSA) is 17.8 Å². The van der Waals surface area contributed by atoms with E-state index in [0.717, 1.165) is 49.4 Å². The first-order chi connectivity index (χ1) is 23.5. The molecule has 48 heavy (non-hydrogen) atoms. The molecule has 0 fully saturated rings. The van der Waals surface area contributed by atoms with Crippen LogP contribution in [-0.2, 0) is 19.3 Å². The molecule has 6 aromatic rings. The molecule has 0 aliphatic carbocycles. The molecule has 0 spiro atoms. The summed E-state index contributed by atoms with van der Waals surface area (Å²) < 4.78 is 4.62. The predicted octanol–water partition coefficient (Wildman–Crippen LogP) is 15.0. The van der Waals surface area contributed by atoms with E-state index < -0.39 is 0 Å². The number of fused-ring (bicyclic) bond motifs is 6. The first-order valence-electron chi connectivity index (χ1n) is 18.5. The average Bonchev–Trinajstić information content (AvgIpc) is 3.66. The van der Waals surface area contributed by atoms with Crippen LogP contribution in [-0.4, -0.2) is 9.55 Å². The molecule has 5 heteroatoms. The van der Waals surface area contributed by atoms with Gasteiger partial charge in [-0.3, -0.25) is 4.57 Å². The molecule has 0 N–H and O–H groups in total. The van der Waals surface area contributed by atoms with Crippen molar-refractivity contribution in [3.63, 3.8) is 0 Å². The quantitative estimate of drug-likeness (QED) is 0.0665. The SMILES string of the molecule is CCCCCCc1ccc(-n2c(-c3cc(Br)sc3Br)nc3c4ccc(CCCCCC)cc4c4cc(CCCCCC)ccc4c32)cc1. The number of nitrogens with zero attached hydrogens (tertiary/aromatic N) is 2. The molecule has 0 radical (unpaired) electrons. The van der Waals surface area contributed by atoms with Gasteiger partial charge in [-0.1, -0.05) is 127 Å². The third-order valence-electron chi connectivity index (χ3n) is 9.89. The zero-order valence-electron chi connectivity index (χ0n) is 29.0. The molecule has 2 heterocycles. The van der Waals surface area contributed by atoms with E-state index in [1.54, 1.807) is 11.3 Å². The number of imidazole rings is 1. The van der Waals surface area contributed by atoms with Gasteiger partial charge in [0, 0.05) is 22.0 Å². The number of rotatable bonds is 17. The van der Waals surface area contributed by atoms with Crippen LogP contribution in [0.3, 0.4) is 0 Å². The normalized spacial score (nSPS) is 11.9. The number of hydrogen-bond donors (Lipinski definition) is 0. The standard InChI is InChI=1S/C43H50Br2N2S/c1-4-7-10-13-16-30-19-23-33(24-20-30)47-41-35-26-22-32(18-15-12-9-6-3)28-37(35)36-27-31(17-14-11-8-5-2)21-25-34(36)40(41)46-43(47)38-29-39(44)48-42(38)45/h19-29H,4-18H2,1-3H3. The van der Waals surface area contributed by atoms with E-state index in [1.807, 2.05) is 0 Å². The van der Waals surface area contributed by atoms with Gasteiger partial charge in [-0.15, -0.1) is 11.3 Å². The summed E-state index contributed by atoms with van der Waals surface area (Å²) in [7, 11) is 0. The second-order valence-electron chi connectivity index (χ2n) is 13.6. The zero-order valence-corrected chi connectivity index (χ0v) is 33.0. The van der Waals surface area contributed by atoms with Crippen molar-refractivity contribution in [2.75, 3.05) is 0 Å². The Morgan fingerprint density at radius 1 is 0.562 bits per heavy atom. The van der Waals surface area contributed by atoms with Gasteiger partial charge in [0.25, 0.3) is 0 Å². The summed E-state index contributed by atoms with van der Waals surface area (Å²) in [5.74, 6) is 0.982. The molecule has 0 saturated carbocycles. The van der Waals surface area contributed by atoms with Gasteiger partial charge in [0.2, 0.25) is 0 Å². The maximum Gasteiger partial charge on any atom is 0.147 e. The smallest absolute Gasteiger partial charge is 0.147 e. The van der Waals surface area contributed by atoms with Gasteiger partial charge in [0.05, 0.1) is 18.6 Å². The monoisotopic (exact) mass is 784 g/mol. The molecular weight excluding hydrogens is 736 g/mol. The summed E-state index contributed by atoms with van der Waals surface area (Å²) in [5, 5.41) is 5.22. The lowest BCUT2D eigenvalue weighted by Gasteiger charge is -2.14. The highest BCUT2D eigenvalue weighted by Gasteiger charge is 2.23. The number of aryl methyl sites for hydroxylation is 3. The van der Waals surface area contributed by atoms with Crippen molar-refractivity contribution in [3.8, 4) is 17.1 Å². The molecule has 252 valence electrons. The molecule has 0 saturated heterocycles. The Labute approximate surface area is 308 Å². The minimum Gasteiger partial charge on any atom is -0.292 e. The van der Waals surface area contributed by atoms with E-state index in [0.29, 0.717) is 0 Å². The minimum atomic E-state index is 0.982. The number of unbranched alkanes of at least 4 members (excludes halogenated alkanes) is 9. The van der Waals surface area contributed by atoms with Gasteiger partial charge in [-0.2, -0.15) is 0 Å². The Morgan fingerprint density at radius 2 is 1.08 bits per heavy atom. The van der Waals surface area contributed by atoms with Crippen LogP contribution in [0.2, 0.25) is 0 Å². The number of hydrogen-bond acceptors (Lipinski definition) is 2. The van der Waals surface area contributed by atoms with Crippen LogP contribution < -0.4 is 0 Å². The third kappa shape index (κ3) is 7.95. The van der Waals surface area contributed by atoms with Crippen molar-refractivity contribution in [3.05, 3.63) is 91.0 Å². The van der Waals surface area contributed by atoms with Crippen LogP contribution in [0.1, 0.15) is 115 Å². The minimum absolute atomic E-state index is 0.982. The average molecular weight is 787 g/mol. The lowest BCUT2D eigenvalue weighted by atomic mass is 9.94. The fourth-order valence-electron chi connectivity index (χ4n) is 7.21. The Balaban J connectivity index is 1.55. The molecule has 0 amide bonds. The van der Waals surface area contributed by atoms with Crippen molar-refractivity contribution in [1.29, 1.82) is 0 Å². The first-order valence-corrected chi connectivity index (χ1v) is 20.9. The van der Waals surface area contributed by atoms with Crippen molar-refractivity contribution in [2.45, 2.75) is 117 Å². The molecule has 0 bridgehead atoms. The summed E-state index contributed by atoms with van der Waals surface area (Å²) in [6, 6.07) is 26.0. The maximum atomic E-state index is 5.53. The maximum absolute atomic E-state index is 5.53. The van der Waals surface area contributed by atoms with Crippen LogP contribution in [0, 0.1) is 0 Å². The molecule has 2 aromatic heterocycles. The summed E-state index contributed by atoms with van der Waals surface area (Å²) in [5.41, 5.74) is 8.85. The highest BCUT2D eigenvalue weighted by molar-refractivity contribution is 9.12. The molecule has 0 unspecified atom stereocenters. The molecule has 0 aliphatic heterocycles. The van der Waals surface area contributed by atoms with Crippen LogP contribution in [0.25, 0.3) is 49.7 Å². The molecule has 4 aromatic carbocycles. The highest BCUT2D eigenvalue weighted by Crippen LogP contribution is 2.44. The summed E-state index contributed by atoms with van der Waals surface area (Å²) in [6.45, 7) is 6.86. The number of benzene rings is 4. The van der Waals surface area contributed by atoms with E-state index in [-0.39, 0.29) is 0 Å². The molecule has 0 atom stereocenters. The second-order valence-corrected chi connectivity index (χ2v) is 17.3. The van der Waals surface area contributed by atoms with E-state index in [4.69, 9.17) is 4.98 Å². The van der Waals surface area contributed by atoms with Gasteiger partial charge >= 0.3 is 0 Å². The Kier molecular flexibility index (Phi) is 12.5. The molecule has 0 aliphatic rings. The van der Waals surface area contributed by atoms with Gasteiger partial charge in [0.15, 0.2) is 0 Å². The largest absolute Gasteiger partial charge is 0.292 e. The van der Waals surface area contributed by atoms with E-state index in [2.05, 4.69) is 124 Å². The van der Waals surface area contributed by atoms with E-state index >= 15 is 0 Å². The summed E-state index contributed by atoms with van der Waals surface area (Å²) >= 11 is 9.36. The van der Waals surface area contributed by atoms with Gasteiger partial charge in [-0.05, 0) is 116 Å². The Morgan fingerprint density at radius 3 is 1.62 bits per heavy atom. The lowest BCUT2D eigenvalue weighted by Crippen LogP contribution is -1.99. The third-order valence-corrected chi connectivity index (χ3v) is 12.2. The number of aromatic nitrogens is 2. The van der Waals surface area contributed by atoms with Crippen molar-refractivity contribution < 1.29 is 0 Å². The lowest BCUT2D eigenvalue weighted by molar-refractivity contribution is 0.667. The second kappa shape index (κ2) is 17.0.